The van der Waals surface area contributed by atoms with E-state index in [1.165, 1.54) is 23.5 Å². The number of Topliss-reactive ketones (excluding diaryl/α,β-unsaturated/α-hetero) is 1. The summed E-state index contributed by atoms with van der Waals surface area (Å²) in [5.41, 5.74) is 0.539. The molecule has 0 spiro atoms. The Morgan fingerprint density at radius 1 is 1.20 bits per heavy atom. The molecule has 0 saturated heterocycles. The molecule has 128 valence electrons. The molecule has 2 aromatic carbocycles. The fourth-order valence-corrected chi connectivity index (χ4v) is 3.56. The first kappa shape index (κ1) is 17.6. The van der Waals surface area contributed by atoms with Crippen LogP contribution < -0.4 is 4.74 Å². The number of ketones is 1. The number of halogens is 1. The minimum atomic E-state index is -0.387. The van der Waals surface area contributed by atoms with Crippen molar-refractivity contribution >= 4 is 28.9 Å². The minimum Gasteiger partial charge on any atom is -0.456 e. The Balaban J connectivity index is 1.81. The van der Waals surface area contributed by atoms with Crippen LogP contribution in [-0.4, -0.2) is 17.0 Å². The number of nitrogens with zero attached hydrogens (tertiary/aromatic N) is 1. The standard InChI is InChI=1S/C19H16FNO2S2/c1-24-18-5-3-2-4-17(18)23-16-7-6-14(20)10-13(16)11-15(22)12-19-21-8-9-25-19/h2-10H,11-12H2,1H3. The van der Waals surface area contributed by atoms with Gasteiger partial charge in [-0.15, -0.1) is 23.1 Å². The van der Waals surface area contributed by atoms with Crippen molar-refractivity contribution in [3.8, 4) is 11.5 Å². The van der Waals surface area contributed by atoms with E-state index in [0.717, 1.165) is 9.90 Å². The van der Waals surface area contributed by atoms with Gasteiger partial charge in [0.15, 0.2) is 0 Å². The number of thiazole rings is 1. The lowest BCUT2D eigenvalue weighted by molar-refractivity contribution is -0.117. The fraction of sp³-hybridized carbons (Fsp3) is 0.158. The number of carbonyl (C=O) groups is 1. The SMILES string of the molecule is CSc1ccccc1Oc1ccc(F)cc1CC(=O)Cc1nccs1. The summed E-state index contributed by atoms with van der Waals surface area (Å²) in [5, 5.41) is 2.59. The maximum Gasteiger partial charge on any atom is 0.144 e. The van der Waals surface area contributed by atoms with E-state index in [4.69, 9.17) is 4.74 Å². The van der Waals surface area contributed by atoms with Crippen molar-refractivity contribution in [3.63, 3.8) is 0 Å². The first-order chi connectivity index (χ1) is 12.2. The van der Waals surface area contributed by atoms with Crippen LogP contribution in [0.2, 0.25) is 0 Å². The average molecular weight is 373 g/mol. The highest BCUT2D eigenvalue weighted by Crippen LogP contribution is 2.33. The highest BCUT2D eigenvalue weighted by Gasteiger charge is 2.14. The lowest BCUT2D eigenvalue weighted by Crippen LogP contribution is -2.07. The second kappa shape index (κ2) is 8.27. The quantitative estimate of drug-likeness (QED) is 0.537. The molecule has 1 aromatic heterocycles. The highest BCUT2D eigenvalue weighted by atomic mass is 32.2. The first-order valence-corrected chi connectivity index (χ1v) is 9.75. The molecule has 3 aromatic rings. The molecule has 6 heteroatoms. The van der Waals surface area contributed by atoms with Crippen molar-refractivity contribution < 1.29 is 13.9 Å². The zero-order valence-electron chi connectivity index (χ0n) is 13.6. The third kappa shape index (κ3) is 4.67. The largest absolute Gasteiger partial charge is 0.456 e. The van der Waals surface area contributed by atoms with Gasteiger partial charge in [-0.05, 0) is 36.6 Å². The van der Waals surface area contributed by atoms with Crippen molar-refractivity contribution in [1.29, 1.82) is 0 Å². The molecule has 0 saturated carbocycles. The summed E-state index contributed by atoms with van der Waals surface area (Å²) in [4.78, 5) is 17.4. The molecular formula is C19H16FNO2S2. The summed E-state index contributed by atoms with van der Waals surface area (Å²) in [6.07, 6.45) is 3.98. The molecule has 0 aliphatic carbocycles. The van der Waals surface area contributed by atoms with Crippen LogP contribution in [0.3, 0.4) is 0 Å². The van der Waals surface area contributed by atoms with E-state index in [1.807, 2.05) is 35.9 Å². The van der Waals surface area contributed by atoms with E-state index in [9.17, 15) is 9.18 Å². The number of thioether (sulfide) groups is 1. The first-order valence-electron chi connectivity index (χ1n) is 7.65. The van der Waals surface area contributed by atoms with Gasteiger partial charge in [-0.2, -0.15) is 0 Å². The van der Waals surface area contributed by atoms with Gasteiger partial charge in [0.05, 0.1) is 11.4 Å². The molecule has 0 aliphatic rings. The molecule has 0 unspecified atom stereocenters. The van der Waals surface area contributed by atoms with Crippen molar-refractivity contribution in [2.75, 3.05) is 6.26 Å². The van der Waals surface area contributed by atoms with Gasteiger partial charge in [0, 0.05) is 28.5 Å². The van der Waals surface area contributed by atoms with Crippen molar-refractivity contribution in [3.05, 3.63) is 70.4 Å². The molecule has 25 heavy (non-hydrogen) atoms. The zero-order chi connectivity index (χ0) is 17.6. The second-order valence-electron chi connectivity index (χ2n) is 5.32. The van der Waals surface area contributed by atoms with Crippen molar-refractivity contribution in [1.82, 2.24) is 4.98 Å². The van der Waals surface area contributed by atoms with E-state index in [-0.39, 0.29) is 24.4 Å². The number of hydrogen-bond acceptors (Lipinski definition) is 5. The van der Waals surface area contributed by atoms with Gasteiger partial charge in [-0.3, -0.25) is 4.79 Å². The van der Waals surface area contributed by atoms with Gasteiger partial charge in [-0.25, -0.2) is 9.37 Å². The highest BCUT2D eigenvalue weighted by molar-refractivity contribution is 7.98. The molecule has 0 atom stereocenters. The Labute approximate surface area is 153 Å². The van der Waals surface area contributed by atoms with E-state index in [2.05, 4.69) is 4.98 Å². The van der Waals surface area contributed by atoms with Gasteiger partial charge in [0.1, 0.15) is 23.1 Å². The fourth-order valence-electron chi connectivity index (χ4n) is 2.39. The van der Waals surface area contributed by atoms with E-state index < -0.39 is 0 Å². The number of aromatic nitrogens is 1. The number of benzene rings is 2. The summed E-state index contributed by atoms with van der Waals surface area (Å²) in [6, 6.07) is 11.9. The lowest BCUT2D eigenvalue weighted by Gasteiger charge is -2.13. The monoisotopic (exact) mass is 373 g/mol. The lowest BCUT2D eigenvalue weighted by atomic mass is 10.1. The van der Waals surface area contributed by atoms with Crippen LogP contribution in [0, 0.1) is 5.82 Å². The summed E-state index contributed by atoms with van der Waals surface area (Å²) in [7, 11) is 0. The Hall–Kier alpha value is -2.18. The predicted molar refractivity (Wildman–Crippen MR) is 99.2 cm³/mol. The van der Waals surface area contributed by atoms with Crippen LogP contribution in [0.1, 0.15) is 10.6 Å². The normalized spacial score (nSPS) is 10.6. The molecule has 3 rings (SSSR count). The summed E-state index contributed by atoms with van der Waals surface area (Å²) in [5.74, 6) is 0.775. The van der Waals surface area contributed by atoms with Gasteiger partial charge in [-0.1, -0.05) is 12.1 Å². The molecular weight excluding hydrogens is 357 g/mol. The summed E-state index contributed by atoms with van der Waals surface area (Å²) < 4.78 is 19.6. The molecule has 1 heterocycles. The Morgan fingerprint density at radius 3 is 2.80 bits per heavy atom. The van der Waals surface area contributed by atoms with E-state index in [0.29, 0.717) is 17.1 Å². The van der Waals surface area contributed by atoms with Crippen LogP contribution in [0.5, 0.6) is 11.5 Å². The van der Waals surface area contributed by atoms with Gasteiger partial charge in [0.2, 0.25) is 0 Å². The summed E-state index contributed by atoms with van der Waals surface area (Å²) >= 11 is 3.00. The van der Waals surface area contributed by atoms with Crippen LogP contribution in [0.15, 0.2) is 58.9 Å². The Bertz CT molecular complexity index is 866. The summed E-state index contributed by atoms with van der Waals surface area (Å²) in [6.45, 7) is 0. The van der Waals surface area contributed by atoms with Crippen LogP contribution >= 0.6 is 23.1 Å². The Kier molecular flexibility index (Phi) is 5.83. The van der Waals surface area contributed by atoms with Crippen molar-refractivity contribution in [2.24, 2.45) is 0 Å². The number of carbonyl (C=O) groups excluding carboxylic acids is 1. The van der Waals surface area contributed by atoms with E-state index >= 15 is 0 Å². The average Bonchev–Trinajstić information content (AvgIpc) is 3.10. The maximum absolute atomic E-state index is 13.7. The molecule has 0 N–H and O–H groups in total. The molecule has 0 bridgehead atoms. The van der Waals surface area contributed by atoms with Gasteiger partial charge in [0.25, 0.3) is 0 Å². The number of ether oxygens (including phenoxy) is 1. The van der Waals surface area contributed by atoms with Crippen LogP contribution in [0.25, 0.3) is 0 Å². The topological polar surface area (TPSA) is 39.2 Å². The van der Waals surface area contributed by atoms with Crippen LogP contribution in [-0.2, 0) is 17.6 Å². The smallest absolute Gasteiger partial charge is 0.144 e. The van der Waals surface area contributed by atoms with Gasteiger partial charge >= 0.3 is 0 Å². The Morgan fingerprint density at radius 2 is 2.04 bits per heavy atom. The van der Waals surface area contributed by atoms with Crippen LogP contribution in [0.4, 0.5) is 4.39 Å². The molecule has 0 fully saturated rings. The zero-order valence-corrected chi connectivity index (χ0v) is 15.2. The number of hydrogen-bond donors (Lipinski definition) is 0. The number of rotatable bonds is 7. The minimum absolute atomic E-state index is 0.0245. The molecule has 0 radical (unpaired) electrons. The molecule has 0 amide bonds. The second-order valence-corrected chi connectivity index (χ2v) is 7.15. The predicted octanol–water partition coefficient (Wildman–Crippen LogP) is 5.15. The third-order valence-corrected chi connectivity index (χ3v) is 5.09. The maximum atomic E-state index is 13.7. The number of para-hydroxylation sites is 1. The van der Waals surface area contributed by atoms with Gasteiger partial charge < -0.3 is 4.74 Å². The third-order valence-electron chi connectivity index (χ3n) is 3.53. The van der Waals surface area contributed by atoms with Crippen molar-refractivity contribution in [2.45, 2.75) is 17.7 Å². The molecule has 3 nitrogen and oxygen atoms in total. The molecule has 0 aliphatic heterocycles. The van der Waals surface area contributed by atoms with E-state index in [1.54, 1.807) is 24.0 Å².